The number of hydrogen-bond acceptors (Lipinski definition) is 2. The highest BCUT2D eigenvalue weighted by Gasteiger charge is 2.47. The lowest BCUT2D eigenvalue weighted by Crippen LogP contribution is -2.47. The molecule has 1 aromatic rings. The summed E-state index contributed by atoms with van der Waals surface area (Å²) >= 11 is 0. The topological polar surface area (TPSA) is 35.2 Å². The molecule has 0 bridgehead atoms. The second kappa shape index (κ2) is 4.70. The molecule has 2 spiro atoms. The molecule has 1 aromatic carbocycles. The molecule has 0 radical (unpaired) electrons. The van der Waals surface area contributed by atoms with Gasteiger partial charge in [0.1, 0.15) is 17.2 Å². The van der Waals surface area contributed by atoms with Crippen molar-refractivity contribution < 1.29 is 9.13 Å². The number of halogens is 1. The van der Waals surface area contributed by atoms with Gasteiger partial charge >= 0.3 is 0 Å². The lowest BCUT2D eigenvalue weighted by Gasteiger charge is -2.48. The highest BCUT2D eigenvalue weighted by atomic mass is 19.1. The van der Waals surface area contributed by atoms with Crippen LogP contribution in [0.2, 0.25) is 0 Å². The van der Waals surface area contributed by atoms with Crippen molar-refractivity contribution in [1.29, 1.82) is 0 Å². The number of hydrogen-bond donors (Lipinski definition) is 1. The Bertz CT molecular complexity index is 540. The Balaban J connectivity index is 1.57. The normalized spacial score (nSPS) is 29.3. The van der Waals surface area contributed by atoms with Crippen LogP contribution in [0.4, 0.5) is 4.39 Å². The molecule has 2 fully saturated rings. The van der Waals surface area contributed by atoms with Crippen LogP contribution >= 0.6 is 0 Å². The van der Waals surface area contributed by atoms with E-state index in [1.165, 1.54) is 50.7 Å². The Morgan fingerprint density at radius 3 is 2.48 bits per heavy atom. The standard InChI is InChI=1S/C18H24FNO/c19-13-3-4-14-15(20)12-18(21-16(14)11-13)9-7-17(8-10-18)5-1-2-6-17/h3-4,11,15H,1-2,5-10,12,20H2. The zero-order chi connectivity index (χ0) is 14.5. The van der Waals surface area contributed by atoms with Gasteiger partial charge in [0.25, 0.3) is 0 Å². The summed E-state index contributed by atoms with van der Waals surface area (Å²) in [4.78, 5) is 0. The molecule has 1 heterocycles. The van der Waals surface area contributed by atoms with Crippen molar-refractivity contribution in [3.63, 3.8) is 0 Å². The average molecular weight is 289 g/mol. The van der Waals surface area contributed by atoms with Crippen LogP contribution in [0, 0.1) is 11.2 Å². The molecule has 0 amide bonds. The summed E-state index contributed by atoms with van der Waals surface area (Å²) in [5.41, 5.74) is 7.75. The zero-order valence-corrected chi connectivity index (χ0v) is 12.5. The molecule has 1 unspecified atom stereocenters. The highest BCUT2D eigenvalue weighted by molar-refractivity contribution is 5.39. The van der Waals surface area contributed by atoms with Gasteiger partial charge in [-0.3, -0.25) is 0 Å². The van der Waals surface area contributed by atoms with E-state index in [-0.39, 0.29) is 17.5 Å². The molecule has 2 aliphatic carbocycles. The fourth-order valence-corrected chi connectivity index (χ4v) is 4.86. The van der Waals surface area contributed by atoms with Crippen LogP contribution < -0.4 is 10.5 Å². The molecule has 2 saturated carbocycles. The number of benzene rings is 1. The minimum Gasteiger partial charge on any atom is -0.487 e. The minimum atomic E-state index is -0.235. The molecule has 114 valence electrons. The number of ether oxygens (including phenoxy) is 1. The summed E-state index contributed by atoms with van der Waals surface area (Å²) in [6, 6.07) is 4.75. The molecule has 3 aliphatic rings. The van der Waals surface area contributed by atoms with Crippen molar-refractivity contribution in [3.05, 3.63) is 29.6 Å². The maximum absolute atomic E-state index is 13.5. The van der Waals surface area contributed by atoms with Crippen LogP contribution in [-0.4, -0.2) is 5.60 Å². The van der Waals surface area contributed by atoms with Crippen molar-refractivity contribution in [2.45, 2.75) is 69.4 Å². The second-order valence-electron chi connectivity index (χ2n) is 7.48. The number of nitrogens with two attached hydrogens (primary N) is 1. The smallest absolute Gasteiger partial charge is 0.127 e. The maximum atomic E-state index is 13.5. The maximum Gasteiger partial charge on any atom is 0.127 e. The monoisotopic (exact) mass is 289 g/mol. The van der Waals surface area contributed by atoms with Crippen LogP contribution in [0.25, 0.3) is 0 Å². The molecule has 21 heavy (non-hydrogen) atoms. The molecule has 0 aromatic heterocycles. The van der Waals surface area contributed by atoms with Gasteiger partial charge in [-0.1, -0.05) is 18.9 Å². The van der Waals surface area contributed by atoms with Gasteiger partial charge in [0.2, 0.25) is 0 Å². The van der Waals surface area contributed by atoms with Gasteiger partial charge in [0.05, 0.1) is 0 Å². The minimum absolute atomic E-state index is 0.0213. The largest absolute Gasteiger partial charge is 0.487 e. The molecular formula is C18H24FNO. The Hall–Kier alpha value is -1.09. The van der Waals surface area contributed by atoms with E-state index in [1.54, 1.807) is 6.07 Å². The van der Waals surface area contributed by atoms with E-state index >= 15 is 0 Å². The Morgan fingerprint density at radius 1 is 1.05 bits per heavy atom. The van der Waals surface area contributed by atoms with E-state index in [2.05, 4.69) is 0 Å². The molecule has 4 rings (SSSR count). The highest BCUT2D eigenvalue weighted by Crippen LogP contribution is 2.55. The Labute approximate surface area is 125 Å². The van der Waals surface area contributed by atoms with Gasteiger partial charge in [-0.05, 0) is 50.0 Å². The van der Waals surface area contributed by atoms with Crippen LogP contribution in [0.15, 0.2) is 18.2 Å². The van der Waals surface area contributed by atoms with E-state index in [0.717, 1.165) is 24.8 Å². The summed E-state index contributed by atoms with van der Waals surface area (Å²) in [5.74, 6) is 0.442. The van der Waals surface area contributed by atoms with E-state index in [9.17, 15) is 4.39 Å². The lowest BCUT2D eigenvalue weighted by atomic mass is 9.65. The first kappa shape index (κ1) is 13.6. The average Bonchev–Trinajstić information content (AvgIpc) is 2.91. The first-order chi connectivity index (χ1) is 10.1. The van der Waals surface area contributed by atoms with Crippen LogP contribution in [0.3, 0.4) is 0 Å². The second-order valence-corrected chi connectivity index (χ2v) is 7.48. The van der Waals surface area contributed by atoms with Crippen molar-refractivity contribution in [1.82, 2.24) is 0 Å². The molecule has 1 atom stereocenters. The van der Waals surface area contributed by atoms with E-state index in [0.29, 0.717) is 11.2 Å². The fourth-order valence-electron chi connectivity index (χ4n) is 4.86. The van der Waals surface area contributed by atoms with Crippen LogP contribution in [0.5, 0.6) is 5.75 Å². The van der Waals surface area contributed by atoms with Gasteiger partial charge in [-0.15, -0.1) is 0 Å². The number of rotatable bonds is 0. The van der Waals surface area contributed by atoms with Crippen molar-refractivity contribution in [2.24, 2.45) is 11.1 Å². The zero-order valence-electron chi connectivity index (χ0n) is 12.5. The Kier molecular flexibility index (Phi) is 3.04. The van der Waals surface area contributed by atoms with E-state index in [1.807, 2.05) is 0 Å². The van der Waals surface area contributed by atoms with E-state index in [4.69, 9.17) is 10.5 Å². The predicted molar refractivity (Wildman–Crippen MR) is 80.7 cm³/mol. The molecule has 2 N–H and O–H groups in total. The van der Waals surface area contributed by atoms with Crippen molar-refractivity contribution >= 4 is 0 Å². The van der Waals surface area contributed by atoms with Gasteiger partial charge < -0.3 is 10.5 Å². The van der Waals surface area contributed by atoms with Gasteiger partial charge in [0.15, 0.2) is 0 Å². The molecule has 2 nitrogen and oxygen atoms in total. The van der Waals surface area contributed by atoms with Crippen molar-refractivity contribution in [3.8, 4) is 5.75 Å². The molecule has 3 heteroatoms. The third kappa shape index (κ3) is 2.26. The van der Waals surface area contributed by atoms with Crippen LogP contribution in [0.1, 0.15) is 69.4 Å². The Morgan fingerprint density at radius 2 is 1.76 bits per heavy atom. The summed E-state index contributed by atoms with van der Waals surface area (Å²) in [7, 11) is 0. The molecule has 0 saturated heterocycles. The third-order valence-corrected chi connectivity index (χ3v) is 6.18. The predicted octanol–water partition coefficient (Wildman–Crippen LogP) is 4.48. The van der Waals surface area contributed by atoms with Crippen molar-refractivity contribution in [2.75, 3.05) is 0 Å². The van der Waals surface area contributed by atoms with Gasteiger partial charge in [-0.25, -0.2) is 4.39 Å². The van der Waals surface area contributed by atoms with Gasteiger partial charge in [-0.2, -0.15) is 0 Å². The van der Waals surface area contributed by atoms with Gasteiger partial charge in [0, 0.05) is 24.1 Å². The number of fused-ring (bicyclic) bond motifs is 1. The summed E-state index contributed by atoms with van der Waals surface area (Å²) in [6.45, 7) is 0. The fraction of sp³-hybridized carbons (Fsp3) is 0.667. The molecular weight excluding hydrogens is 265 g/mol. The summed E-state index contributed by atoms with van der Waals surface area (Å²) in [6.07, 6.45) is 11.1. The SMILES string of the molecule is NC1CC2(CCC3(CCCC3)CC2)Oc2cc(F)ccc21. The molecule has 1 aliphatic heterocycles. The van der Waals surface area contributed by atoms with E-state index < -0.39 is 0 Å². The first-order valence-electron chi connectivity index (χ1n) is 8.34. The quantitative estimate of drug-likeness (QED) is 0.764. The first-order valence-corrected chi connectivity index (χ1v) is 8.34. The summed E-state index contributed by atoms with van der Waals surface area (Å²) in [5, 5.41) is 0. The van der Waals surface area contributed by atoms with Crippen LogP contribution in [-0.2, 0) is 0 Å². The lowest BCUT2D eigenvalue weighted by molar-refractivity contribution is -0.0329. The third-order valence-electron chi connectivity index (χ3n) is 6.18. The summed E-state index contributed by atoms with van der Waals surface area (Å²) < 4.78 is 19.8.